The summed E-state index contributed by atoms with van der Waals surface area (Å²) in [5.74, 6) is 0.243. The number of amides is 1. The normalized spacial score (nSPS) is 10.2. The number of nitrogens with zero attached hydrogens (tertiary/aromatic N) is 1. The van der Waals surface area contributed by atoms with E-state index >= 15 is 0 Å². The molecule has 0 aliphatic heterocycles. The van der Waals surface area contributed by atoms with Gasteiger partial charge < -0.3 is 15.8 Å². The van der Waals surface area contributed by atoms with Crippen molar-refractivity contribution in [1.29, 1.82) is 0 Å². The van der Waals surface area contributed by atoms with Crippen molar-refractivity contribution in [3.63, 3.8) is 0 Å². The van der Waals surface area contributed by atoms with Gasteiger partial charge in [0.05, 0.1) is 24.4 Å². The first-order valence-corrected chi connectivity index (χ1v) is 6.83. The molecule has 100 valence electrons. The fourth-order valence-electron chi connectivity index (χ4n) is 1.65. The summed E-state index contributed by atoms with van der Waals surface area (Å²) in [5.41, 5.74) is 9.18. The second-order valence-corrected chi connectivity index (χ2v) is 4.53. The van der Waals surface area contributed by atoms with Gasteiger partial charge in [0.25, 0.3) is 5.91 Å². The summed E-state index contributed by atoms with van der Waals surface area (Å²) < 4.78 is 5.42. The first-order chi connectivity index (χ1) is 9.22. The van der Waals surface area contributed by atoms with E-state index in [1.54, 1.807) is 23.7 Å². The SMILES string of the molecule is CCOc1cccc(N)c1C(=O)NCc1cscn1. The summed E-state index contributed by atoms with van der Waals surface area (Å²) in [5, 5.41) is 4.67. The monoisotopic (exact) mass is 277 g/mol. The first-order valence-electron chi connectivity index (χ1n) is 5.89. The molecule has 1 amide bonds. The van der Waals surface area contributed by atoms with Crippen LogP contribution in [0, 0.1) is 0 Å². The number of ether oxygens (including phenoxy) is 1. The minimum absolute atomic E-state index is 0.255. The lowest BCUT2D eigenvalue weighted by Gasteiger charge is -2.12. The molecule has 2 aromatic rings. The van der Waals surface area contributed by atoms with Crippen LogP contribution in [-0.4, -0.2) is 17.5 Å². The van der Waals surface area contributed by atoms with Crippen LogP contribution in [0.5, 0.6) is 5.75 Å². The summed E-state index contributed by atoms with van der Waals surface area (Å²) in [7, 11) is 0. The van der Waals surface area contributed by atoms with Crippen LogP contribution in [0.4, 0.5) is 5.69 Å². The minimum atomic E-state index is -0.255. The average Bonchev–Trinajstić information content (AvgIpc) is 2.90. The molecule has 19 heavy (non-hydrogen) atoms. The molecule has 0 saturated heterocycles. The largest absolute Gasteiger partial charge is 0.493 e. The maximum atomic E-state index is 12.2. The van der Waals surface area contributed by atoms with Crippen LogP contribution in [0.15, 0.2) is 29.1 Å². The molecule has 0 atom stereocenters. The molecule has 0 aliphatic carbocycles. The van der Waals surface area contributed by atoms with Gasteiger partial charge in [0.2, 0.25) is 0 Å². The number of anilines is 1. The van der Waals surface area contributed by atoms with Gasteiger partial charge in [-0.3, -0.25) is 4.79 Å². The summed E-state index contributed by atoms with van der Waals surface area (Å²) >= 11 is 1.49. The summed E-state index contributed by atoms with van der Waals surface area (Å²) in [6.07, 6.45) is 0. The number of aromatic nitrogens is 1. The Hall–Kier alpha value is -2.08. The van der Waals surface area contributed by atoms with E-state index in [2.05, 4.69) is 10.3 Å². The van der Waals surface area contributed by atoms with Gasteiger partial charge in [-0.2, -0.15) is 0 Å². The van der Waals surface area contributed by atoms with E-state index in [1.807, 2.05) is 12.3 Å². The van der Waals surface area contributed by atoms with Crippen LogP contribution in [-0.2, 0) is 6.54 Å². The number of nitrogens with one attached hydrogen (secondary N) is 1. The topological polar surface area (TPSA) is 77.2 Å². The van der Waals surface area contributed by atoms with Crippen molar-refractivity contribution in [3.05, 3.63) is 40.3 Å². The highest BCUT2D eigenvalue weighted by molar-refractivity contribution is 7.07. The van der Waals surface area contributed by atoms with Gasteiger partial charge >= 0.3 is 0 Å². The molecule has 1 heterocycles. The Kier molecular flexibility index (Phi) is 4.35. The fourth-order valence-corrected chi connectivity index (χ4v) is 2.21. The summed E-state index contributed by atoms with van der Waals surface area (Å²) in [4.78, 5) is 16.3. The number of hydrogen-bond donors (Lipinski definition) is 2. The Labute approximate surface area is 115 Å². The molecular formula is C13H15N3O2S. The Morgan fingerprint density at radius 3 is 3.05 bits per heavy atom. The van der Waals surface area contributed by atoms with E-state index in [9.17, 15) is 4.79 Å². The number of carbonyl (C=O) groups excluding carboxylic acids is 1. The number of nitrogens with two attached hydrogens (primary N) is 1. The number of thiazole rings is 1. The van der Waals surface area contributed by atoms with Crippen molar-refractivity contribution in [2.45, 2.75) is 13.5 Å². The lowest BCUT2D eigenvalue weighted by molar-refractivity contribution is 0.0947. The number of benzene rings is 1. The second-order valence-electron chi connectivity index (χ2n) is 3.82. The number of rotatable bonds is 5. The highest BCUT2D eigenvalue weighted by Gasteiger charge is 2.15. The van der Waals surface area contributed by atoms with Crippen molar-refractivity contribution < 1.29 is 9.53 Å². The van der Waals surface area contributed by atoms with E-state index in [-0.39, 0.29) is 5.91 Å². The van der Waals surface area contributed by atoms with Gasteiger partial charge in [-0.15, -0.1) is 11.3 Å². The third-order valence-electron chi connectivity index (χ3n) is 2.50. The van der Waals surface area contributed by atoms with E-state index < -0.39 is 0 Å². The molecule has 0 fully saturated rings. The van der Waals surface area contributed by atoms with E-state index in [0.717, 1.165) is 5.69 Å². The molecule has 6 heteroatoms. The number of nitrogen functional groups attached to an aromatic ring is 1. The second kappa shape index (κ2) is 6.19. The van der Waals surface area contributed by atoms with Crippen LogP contribution in [0.1, 0.15) is 23.0 Å². The quantitative estimate of drug-likeness (QED) is 0.820. The Bertz CT molecular complexity index is 555. The third-order valence-corrected chi connectivity index (χ3v) is 3.13. The molecule has 3 N–H and O–H groups in total. The molecule has 0 aliphatic rings. The Balaban J connectivity index is 2.13. The smallest absolute Gasteiger partial charge is 0.257 e. The van der Waals surface area contributed by atoms with Gasteiger partial charge in [0, 0.05) is 11.1 Å². The molecule has 5 nitrogen and oxygen atoms in total. The van der Waals surface area contributed by atoms with Crippen LogP contribution in [0.25, 0.3) is 0 Å². The molecule has 2 rings (SSSR count). The molecular weight excluding hydrogens is 262 g/mol. The molecule has 0 bridgehead atoms. The van der Waals surface area contributed by atoms with Gasteiger partial charge in [-0.05, 0) is 19.1 Å². The van der Waals surface area contributed by atoms with Crippen molar-refractivity contribution in [3.8, 4) is 5.75 Å². The average molecular weight is 277 g/mol. The lowest BCUT2D eigenvalue weighted by atomic mass is 10.1. The first kappa shape index (κ1) is 13.4. The van der Waals surface area contributed by atoms with Crippen molar-refractivity contribution >= 4 is 22.9 Å². The predicted octanol–water partition coefficient (Wildman–Crippen LogP) is 2.05. The zero-order chi connectivity index (χ0) is 13.7. The van der Waals surface area contributed by atoms with Crippen LogP contribution in [0.2, 0.25) is 0 Å². The third kappa shape index (κ3) is 3.23. The Morgan fingerprint density at radius 1 is 1.53 bits per heavy atom. The number of carbonyl (C=O) groups is 1. The van der Waals surface area contributed by atoms with Crippen molar-refractivity contribution in [1.82, 2.24) is 10.3 Å². The lowest BCUT2D eigenvalue weighted by Crippen LogP contribution is -2.24. The van der Waals surface area contributed by atoms with Crippen LogP contribution >= 0.6 is 11.3 Å². The van der Waals surface area contributed by atoms with Gasteiger partial charge in [-0.1, -0.05) is 6.07 Å². The fraction of sp³-hybridized carbons (Fsp3) is 0.231. The van der Waals surface area contributed by atoms with E-state index in [0.29, 0.717) is 30.2 Å². The van der Waals surface area contributed by atoms with Gasteiger partial charge in [0.15, 0.2) is 0 Å². The molecule has 0 unspecified atom stereocenters. The zero-order valence-corrected chi connectivity index (χ0v) is 11.4. The predicted molar refractivity (Wildman–Crippen MR) is 75.3 cm³/mol. The highest BCUT2D eigenvalue weighted by Crippen LogP contribution is 2.24. The van der Waals surface area contributed by atoms with E-state index in [4.69, 9.17) is 10.5 Å². The highest BCUT2D eigenvalue weighted by atomic mass is 32.1. The molecule has 1 aromatic heterocycles. The van der Waals surface area contributed by atoms with Crippen molar-refractivity contribution in [2.75, 3.05) is 12.3 Å². The van der Waals surface area contributed by atoms with Crippen molar-refractivity contribution in [2.24, 2.45) is 0 Å². The zero-order valence-electron chi connectivity index (χ0n) is 10.6. The van der Waals surface area contributed by atoms with Gasteiger partial charge in [-0.25, -0.2) is 4.98 Å². The number of hydrogen-bond acceptors (Lipinski definition) is 5. The van der Waals surface area contributed by atoms with Crippen LogP contribution < -0.4 is 15.8 Å². The Morgan fingerprint density at radius 2 is 2.37 bits per heavy atom. The maximum Gasteiger partial charge on any atom is 0.257 e. The molecule has 0 radical (unpaired) electrons. The standard InChI is InChI=1S/C13H15N3O2S/c1-2-18-11-5-3-4-10(14)12(11)13(17)15-6-9-7-19-8-16-9/h3-5,7-8H,2,6,14H2,1H3,(H,15,17). The molecule has 1 aromatic carbocycles. The van der Waals surface area contributed by atoms with Gasteiger partial charge in [0.1, 0.15) is 11.3 Å². The van der Waals surface area contributed by atoms with Crippen LogP contribution in [0.3, 0.4) is 0 Å². The molecule has 0 spiro atoms. The minimum Gasteiger partial charge on any atom is -0.493 e. The molecule has 0 saturated carbocycles. The van der Waals surface area contributed by atoms with E-state index in [1.165, 1.54) is 11.3 Å². The summed E-state index contributed by atoms with van der Waals surface area (Å²) in [6, 6.07) is 5.18. The maximum absolute atomic E-state index is 12.2. The summed E-state index contributed by atoms with van der Waals surface area (Å²) in [6.45, 7) is 2.72.